The molecule has 0 saturated heterocycles. The van der Waals surface area contributed by atoms with Crippen molar-refractivity contribution in [2.45, 2.75) is 58.1 Å². The van der Waals surface area contributed by atoms with Gasteiger partial charge in [0.1, 0.15) is 0 Å². The molecule has 0 unspecified atom stereocenters. The summed E-state index contributed by atoms with van der Waals surface area (Å²) in [6.07, 6.45) is 3.47. The Labute approximate surface area is 128 Å². The zero-order chi connectivity index (χ0) is 15.9. The van der Waals surface area contributed by atoms with Crippen molar-refractivity contribution in [3.05, 3.63) is 23.9 Å². The van der Waals surface area contributed by atoms with Gasteiger partial charge < -0.3 is 5.32 Å². The van der Waals surface area contributed by atoms with Crippen LogP contribution in [0.3, 0.4) is 0 Å². The van der Waals surface area contributed by atoms with Crippen LogP contribution in [0.25, 0.3) is 0 Å². The molecule has 1 aromatic rings. The van der Waals surface area contributed by atoms with E-state index in [2.05, 4.69) is 31.1 Å². The van der Waals surface area contributed by atoms with E-state index in [0.29, 0.717) is 25.7 Å². The second-order valence-corrected chi connectivity index (χ2v) is 7.28. The lowest BCUT2D eigenvalue weighted by Gasteiger charge is -2.19. The van der Waals surface area contributed by atoms with E-state index in [1.54, 1.807) is 12.3 Å². The molecule has 0 aliphatic rings. The Morgan fingerprint density at radius 1 is 1.29 bits per heavy atom. The molecule has 0 aromatic carbocycles. The fraction of sp³-hybridized carbons (Fsp3) is 0.667. The Bertz CT molecular complexity index is 512. The maximum Gasteiger partial charge on any atom is 0.260 e. The number of hydrogen-bond acceptors (Lipinski definition) is 4. The van der Waals surface area contributed by atoms with E-state index in [-0.39, 0.29) is 5.03 Å². The predicted octanol–water partition coefficient (Wildman–Crippen LogP) is 2.39. The monoisotopic (exact) mass is 313 g/mol. The number of nitrogens with zero attached hydrogens (tertiary/aromatic N) is 2. The average molecular weight is 313 g/mol. The molecule has 6 heteroatoms. The van der Waals surface area contributed by atoms with Crippen LogP contribution in [-0.4, -0.2) is 36.8 Å². The Balaban J connectivity index is 2.83. The summed E-state index contributed by atoms with van der Waals surface area (Å²) in [5.74, 6) is 0. The number of pyridine rings is 1. The van der Waals surface area contributed by atoms with E-state index >= 15 is 0 Å². The zero-order valence-corrected chi connectivity index (χ0v) is 14.3. The number of unbranched alkanes of at least 4 members (excludes halogenated alkanes) is 1. The molecule has 120 valence electrons. The van der Waals surface area contributed by atoms with E-state index in [1.165, 1.54) is 4.31 Å². The van der Waals surface area contributed by atoms with Gasteiger partial charge in [-0.1, -0.05) is 40.2 Å². The summed E-state index contributed by atoms with van der Waals surface area (Å²) >= 11 is 0. The third kappa shape index (κ3) is 5.37. The molecular weight excluding hydrogens is 286 g/mol. The fourth-order valence-electron chi connectivity index (χ4n) is 1.91. The maximum absolute atomic E-state index is 12.5. The summed E-state index contributed by atoms with van der Waals surface area (Å²) < 4.78 is 26.5. The van der Waals surface area contributed by atoms with E-state index in [4.69, 9.17) is 0 Å². The molecule has 0 saturated carbocycles. The molecular formula is C15H27N3O2S. The standard InChI is InChI=1S/C15H27N3O2S/c1-5-7-10-18(6-2)21(19,20)15-9-8-14(12-17-15)11-16-13(3)4/h8-9,12-13,16H,5-7,10-11H2,1-4H3. The number of hydrogen-bond donors (Lipinski definition) is 1. The van der Waals surface area contributed by atoms with Gasteiger partial charge in [0.15, 0.2) is 5.03 Å². The molecule has 0 amide bonds. The molecule has 1 heterocycles. The van der Waals surface area contributed by atoms with Crippen molar-refractivity contribution in [1.82, 2.24) is 14.6 Å². The normalized spacial score (nSPS) is 12.3. The van der Waals surface area contributed by atoms with Gasteiger partial charge in [-0.05, 0) is 18.1 Å². The average Bonchev–Trinajstić information content (AvgIpc) is 2.46. The van der Waals surface area contributed by atoms with Crippen LogP contribution in [0.15, 0.2) is 23.4 Å². The third-order valence-corrected chi connectivity index (χ3v) is 5.12. The Morgan fingerprint density at radius 3 is 2.48 bits per heavy atom. The Hall–Kier alpha value is -0.980. The number of nitrogens with one attached hydrogen (secondary N) is 1. The fourth-order valence-corrected chi connectivity index (χ4v) is 3.30. The van der Waals surface area contributed by atoms with Gasteiger partial charge in [-0.15, -0.1) is 0 Å². The Morgan fingerprint density at radius 2 is 2.00 bits per heavy atom. The van der Waals surface area contributed by atoms with Crippen molar-refractivity contribution in [3.63, 3.8) is 0 Å². The molecule has 1 rings (SSSR count). The minimum Gasteiger partial charge on any atom is -0.310 e. The van der Waals surface area contributed by atoms with Crippen LogP contribution >= 0.6 is 0 Å². The summed E-state index contributed by atoms with van der Waals surface area (Å²) in [6.45, 7) is 9.76. The van der Waals surface area contributed by atoms with Crippen LogP contribution in [0.5, 0.6) is 0 Å². The van der Waals surface area contributed by atoms with Crippen LogP contribution in [0, 0.1) is 0 Å². The second-order valence-electron chi connectivity index (χ2n) is 5.39. The molecule has 0 atom stereocenters. The van der Waals surface area contributed by atoms with Crippen molar-refractivity contribution in [2.24, 2.45) is 0 Å². The lowest BCUT2D eigenvalue weighted by molar-refractivity contribution is 0.417. The summed E-state index contributed by atoms with van der Waals surface area (Å²) in [6, 6.07) is 3.81. The zero-order valence-electron chi connectivity index (χ0n) is 13.5. The van der Waals surface area contributed by atoms with Gasteiger partial charge in [-0.25, -0.2) is 13.4 Å². The molecule has 0 radical (unpaired) electrons. The summed E-state index contributed by atoms with van der Waals surface area (Å²) in [5, 5.41) is 3.42. The highest BCUT2D eigenvalue weighted by Gasteiger charge is 2.23. The number of aromatic nitrogens is 1. The first kappa shape index (κ1) is 18.1. The topological polar surface area (TPSA) is 62.3 Å². The van der Waals surface area contributed by atoms with Gasteiger partial charge in [-0.2, -0.15) is 4.31 Å². The number of sulfonamides is 1. The van der Waals surface area contributed by atoms with Crippen molar-refractivity contribution >= 4 is 10.0 Å². The molecule has 5 nitrogen and oxygen atoms in total. The third-order valence-electron chi connectivity index (χ3n) is 3.23. The van der Waals surface area contributed by atoms with Crippen molar-refractivity contribution in [3.8, 4) is 0 Å². The minimum atomic E-state index is -3.47. The van der Waals surface area contributed by atoms with E-state index < -0.39 is 10.0 Å². The van der Waals surface area contributed by atoms with Crippen molar-refractivity contribution in [2.75, 3.05) is 13.1 Å². The Kier molecular flexibility index (Phi) is 7.28. The first-order valence-electron chi connectivity index (χ1n) is 7.60. The molecule has 1 aromatic heterocycles. The van der Waals surface area contributed by atoms with E-state index in [1.807, 2.05) is 13.0 Å². The molecule has 0 aliphatic heterocycles. The first-order chi connectivity index (χ1) is 9.91. The minimum absolute atomic E-state index is 0.133. The summed E-state index contributed by atoms with van der Waals surface area (Å²) in [4.78, 5) is 4.14. The van der Waals surface area contributed by atoms with E-state index in [9.17, 15) is 8.42 Å². The van der Waals surface area contributed by atoms with Crippen molar-refractivity contribution < 1.29 is 8.42 Å². The van der Waals surface area contributed by atoms with Gasteiger partial charge >= 0.3 is 0 Å². The molecule has 0 spiro atoms. The summed E-state index contributed by atoms with van der Waals surface area (Å²) in [5.41, 5.74) is 0.985. The van der Waals surface area contributed by atoms with Gasteiger partial charge in [0, 0.05) is 31.9 Å². The molecule has 0 fully saturated rings. The maximum atomic E-state index is 12.5. The van der Waals surface area contributed by atoms with Gasteiger partial charge in [-0.3, -0.25) is 0 Å². The highest BCUT2D eigenvalue weighted by atomic mass is 32.2. The first-order valence-corrected chi connectivity index (χ1v) is 9.04. The highest BCUT2D eigenvalue weighted by molar-refractivity contribution is 7.89. The lowest BCUT2D eigenvalue weighted by Crippen LogP contribution is -2.32. The molecule has 1 N–H and O–H groups in total. The van der Waals surface area contributed by atoms with Gasteiger partial charge in [0.2, 0.25) is 0 Å². The number of rotatable bonds is 9. The van der Waals surface area contributed by atoms with Crippen LogP contribution in [0.2, 0.25) is 0 Å². The van der Waals surface area contributed by atoms with Gasteiger partial charge in [0.05, 0.1) is 0 Å². The largest absolute Gasteiger partial charge is 0.310 e. The summed E-state index contributed by atoms with van der Waals surface area (Å²) in [7, 11) is -3.47. The van der Waals surface area contributed by atoms with E-state index in [0.717, 1.165) is 18.4 Å². The van der Waals surface area contributed by atoms with Crippen LogP contribution in [-0.2, 0) is 16.6 Å². The smallest absolute Gasteiger partial charge is 0.260 e. The van der Waals surface area contributed by atoms with Crippen molar-refractivity contribution in [1.29, 1.82) is 0 Å². The molecule has 21 heavy (non-hydrogen) atoms. The quantitative estimate of drug-likeness (QED) is 0.760. The second kappa shape index (κ2) is 8.46. The lowest BCUT2D eigenvalue weighted by atomic mass is 10.2. The van der Waals surface area contributed by atoms with Crippen LogP contribution in [0.4, 0.5) is 0 Å². The molecule has 0 aliphatic carbocycles. The van der Waals surface area contributed by atoms with Crippen LogP contribution in [0.1, 0.15) is 46.1 Å². The highest BCUT2D eigenvalue weighted by Crippen LogP contribution is 2.14. The SMILES string of the molecule is CCCCN(CC)S(=O)(=O)c1ccc(CNC(C)C)cn1. The molecule has 0 bridgehead atoms. The predicted molar refractivity (Wildman–Crippen MR) is 85.6 cm³/mol. The van der Waals surface area contributed by atoms with Gasteiger partial charge in [0.25, 0.3) is 10.0 Å². The van der Waals surface area contributed by atoms with Crippen LogP contribution < -0.4 is 5.32 Å².